The highest BCUT2D eigenvalue weighted by molar-refractivity contribution is 6.28. The van der Waals surface area contributed by atoms with Gasteiger partial charge in [-0.3, -0.25) is 0 Å². The Morgan fingerprint density at radius 1 is 1.32 bits per heavy atom. The number of nitrogens with zero attached hydrogens (tertiary/aromatic N) is 4. The van der Waals surface area contributed by atoms with Crippen LogP contribution in [0.3, 0.4) is 0 Å². The molecule has 2 aliphatic rings. The molecule has 6 nitrogen and oxygen atoms in total. The maximum Gasteiger partial charge on any atom is 0.278 e. The first-order chi connectivity index (χ1) is 10.6. The number of hydrogen-bond acceptors (Lipinski definition) is 5. The Kier molecular flexibility index (Phi) is 4.48. The van der Waals surface area contributed by atoms with Crippen molar-refractivity contribution < 1.29 is 9.47 Å². The molecule has 1 atom stereocenters. The summed E-state index contributed by atoms with van der Waals surface area (Å²) in [4.78, 5) is 14.7. The molecular weight excluding hydrogens is 304 g/mol. The molecule has 0 aromatic carbocycles. The van der Waals surface area contributed by atoms with Gasteiger partial charge in [0.1, 0.15) is 11.5 Å². The van der Waals surface area contributed by atoms with E-state index in [4.69, 9.17) is 27.6 Å². The van der Waals surface area contributed by atoms with E-state index in [1.807, 2.05) is 6.07 Å². The quantitative estimate of drug-likeness (QED) is 0.617. The summed E-state index contributed by atoms with van der Waals surface area (Å²) in [5.74, 6) is 0.778. The summed E-state index contributed by atoms with van der Waals surface area (Å²) < 4.78 is 10.9. The molecule has 3 heterocycles. The fraction of sp³-hybridized carbons (Fsp3) is 0.667. The maximum absolute atomic E-state index is 7.64. The van der Waals surface area contributed by atoms with Gasteiger partial charge < -0.3 is 19.2 Å². The zero-order valence-electron chi connectivity index (χ0n) is 12.6. The Hall–Kier alpha value is -1.42. The molecule has 0 N–H and O–H groups in total. The molecule has 2 fully saturated rings. The van der Waals surface area contributed by atoms with Crippen molar-refractivity contribution in [1.82, 2.24) is 9.97 Å². The van der Waals surface area contributed by atoms with Crippen molar-refractivity contribution in [3.8, 4) is 0 Å². The van der Waals surface area contributed by atoms with Crippen LogP contribution in [0.4, 0.5) is 5.82 Å². The lowest BCUT2D eigenvalue weighted by Crippen LogP contribution is -2.44. The van der Waals surface area contributed by atoms with Crippen LogP contribution in [-0.2, 0) is 15.0 Å². The predicted octanol–water partition coefficient (Wildman–Crippen LogP) is 2.28. The minimum absolute atomic E-state index is 0.195. The van der Waals surface area contributed by atoms with E-state index in [0.29, 0.717) is 45.0 Å². The molecule has 0 amide bonds. The lowest BCUT2D eigenvalue weighted by atomic mass is 9.87. The summed E-state index contributed by atoms with van der Waals surface area (Å²) in [5.41, 5.74) is 0.0641. The fourth-order valence-corrected chi connectivity index (χ4v) is 3.17. The van der Waals surface area contributed by atoms with E-state index in [0.717, 1.165) is 12.4 Å². The molecule has 0 unspecified atom stereocenters. The number of aromatic nitrogens is 2. The zero-order valence-corrected chi connectivity index (χ0v) is 13.3. The van der Waals surface area contributed by atoms with Crippen molar-refractivity contribution in [3.63, 3.8) is 0 Å². The average Bonchev–Trinajstić information content (AvgIpc) is 2.55. The van der Waals surface area contributed by atoms with Crippen LogP contribution in [0.5, 0.6) is 0 Å². The molecule has 0 radical (unpaired) electrons. The van der Waals surface area contributed by atoms with Gasteiger partial charge in [0.05, 0.1) is 45.3 Å². The molecule has 22 heavy (non-hydrogen) atoms. The van der Waals surface area contributed by atoms with Crippen molar-refractivity contribution in [2.45, 2.75) is 31.3 Å². The molecule has 0 saturated carbocycles. The van der Waals surface area contributed by atoms with Crippen LogP contribution >= 0.6 is 11.6 Å². The number of anilines is 1. The SMILES string of the molecule is [C-]#[N+]C1(c2cc(N3CCOC[C@H]3C)nc(Cl)n2)CCOCC1. The van der Waals surface area contributed by atoms with Crippen molar-refractivity contribution in [2.24, 2.45) is 0 Å². The van der Waals surface area contributed by atoms with Gasteiger partial charge in [-0.15, -0.1) is 0 Å². The van der Waals surface area contributed by atoms with Gasteiger partial charge in [-0.05, 0) is 18.5 Å². The van der Waals surface area contributed by atoms with E-state index in [9.17, 15) is 0 Å². The van der Waals surface area contributed by atoms with Gasteiger partial charge in [-0.25, -0.2) is 16.5 Å². The topological polar surface area (TPSA) is 51.8 Å². The first-order valence-electron chi connectivity index (χ1n) is 7.50. The second kappa shape index (κ2) is 6.37. The molecular formula is C15H19ClN4O2. The van der Waals surface area contributed by atoms with Crippen molar-refractivity contribution in [1.29, 1.82) is 0 Å². The summed E-state index contributed by atoms with van der Waals surface area (Å²) in [6, 6.07) is 2.14. The Morgan fingerprint density at radius 3 is 2.77 bits per heavy atom. The molecule has 0 aliphatic carbocycles. The standard InChI is InChI=1S/C15H19ClN4O2/c1-11-10-22-8-5-20(11)13-9-12(18-14(16)19-13)15(17-2)3-6-21-7-4-15/h9,11H,3-8,10H2,1H3/t11-/m1/s1. The second-order valence-electron chi connectivity index (χ2n) is 5.75. The molecule has 1 aromatic rings. The number of halogens is 1. The number of hydrogen-bond donors (Lipinski definition) is 0. The van der Waals surface area contributed by atoms with Gasteiger partial charge in [0.25, 0.3) is 5.54 Å². The van der Waals surface area contributed by atoms with Crippen LogP contribution in [-0.4, -0.2) is 49.0 Å². The third-order valence-electron chi connectivity index (χ3n) is 4.36. The first-order valence-corrected chi connectivity index (χ1v) is 7.88. The maximum atomic E-state index is 7.64. The molecule has 2 aliphatic heterocycles. The third kappa shape index (κ3) is 2.89. The third-order valence-corrected chi connectivity index (χ3v) is 4.53. The summed E-state index contributed by atoms with van der Waals surface area (Å²) >= 11 is 6.14. The summed E-state index contributed by atoms with van der Waals surface area (Å²) in [6.45, 7) is 13.0. The smallest absolute Gasteiger partial charge is 0.278 e. The molecule has 0 spiro atoms. The minimum Gasteiger partial charge on any atom is -0.381 e. The summed E-state index contributed by atoms with van der Waals surface area (Å²) in [7, 11) is 0. The van der Waals surface area contributed by atoms with Crippen molar-refractivity contribution >= 4 is 17.4 Å². The van der Waals surface area contributed by atoms with E-state index in [2.05, 4.69) is 26.6 Å². The van der Waals surface area contributed by atoms with E-state index < -0.39 is 5.54 Å². The monoisotopic (exact) mass is 322 g/mol. The van der Waals surface area contributed by atoms with Crippen LogP contribution in [0.15, 0.2) is 6.07 Å². The molecule has 1 aromatic heterocycles. The number of morpholine rings is 1. The number of rotatable bonds is 2. The van der Waals surface area contributed by atoms with Gasteiger partial charge in [-0.2, -0.15) is 0 Å². The number of ether oxygens (including phenoxy) is 2. The molecule has 118 valence electrons. The molecule has 3 rings (SSSR count). The predicted molar refractivity (Wildman–Crippen MR) is 83.0 cm³/mol. The Balaban J connectivity index is 1.97. The van der Waals surface area contributed by atoms with Gasteiger partial charge in [-0.1, -0.05) is 0 Å². The van der Waals surface area contributed by atoms with Crippen molar-refractivity contribution in [3.05, 3.63) is 28.5 Å². The fourth-order valence-electron chi connectivity index (χ4n) is 2.99. The highest BCUT2D eigenvalue weighted by Crippen LogP contribution is 2.37. The summed E-state index contributed by atoms with van der Waals surface area (Å²) in [5, 5.41) is 0.195. The Labute approximate surface area is 135 Å². The average molecular weight is 323 g/mol. The highest BCUT2D eigenvalue weighted by atomic mass is 35.5. The largest absolute Gasteiger partial charge is 0.381 e. The second-order valence-corrected chi connectivity index (χ2v) is 6.09. The lowest BCUT2D eigenvalue weighted by Gasteiger charge is -2.35. The van der Waals surface area contributed by atoms with Crippen molar-refractivity contribution in [2.75, 3.05) is 37.9 Å². The van der Waals surface area contributed by atoms with E-state index in [1.165, 1.54) is 0 Å². The Morgan fingerprint density at radius 2 is 2.09 bits per heavy atom. The highest BCUT2D eigenvalue weighted by Gasteiger charge is 2.43. The van der Waals surface area contributed by atoms with E-state index >= 15 is 0 Å². The summed E-state index contributed by atoms with van der Waals surface area (Å²) in [6.07, 6.45) is 1.28. The zero-order chi connectivity index (χ0) is 15.6. The minimum atomic E-state index is -0.644. The van der Waals surface area contributed by atoms with Crippen LogP contribution in [0.2, 0.25) is 5.28 Å². The Bertz CT molecular complexity index is 583. The van der Waals surface area contributed by atoms with E-state index in [-0.39, 0.29) is 11.3 Å². The molecule has 7 heteroatoms. The van der Waals surface area contributed by atoms with Gasteiger partial charge in [0.15, 0.2) is 0 Å². The van der Waals surface area contributed by atoms with Crippen LogP contribution in [0.25, 0.3) is 4.85 Å². The van der Waals surface area contributed by atoms with Crippen LogP contribution < -0.4 is 4.90 Å². The van der Waals surface area contributed by atoms with Crippen LogP contribution in [0.1, 0.15) is 25.5 Å². The van der Waals surface area contributed by atoms with Gasteiger partial charge in [0, 0.05) is 12.6 Å². The molecule has 0 bridgehead atoms. The normalized spacial score (nSPS) is 24.8. The van der Waals surface area contributed by atoms with E-state index in [1.54, 1.807) is 0 Å². The lowest BCUT2D eigenvalue weighted by molar-refractivity contribution is 0.0633. The van der Waals surface area contributed by atoms with Gasteiger partial charge >= 0.3 is 0 Å². The van der Waals surface area contributed by atoms with Gasteiger partial charge in [0.2, 0.25) is 5.28 Å². The molecule has 2 saturated heterocycles. The van der Waals surface area contributed by atoms with Crippen LogP contribution in [0, 0.1) is 6.57 Å². The first kappa shape index (κ1) is 15.5.